The second-order valence-electron chi connectivity index (χ2n) is 7.07. The van der Waals surface area contributed by atoms with E-state index in [1.165, 1.54) is 0 Å². The van der Waals surface area contributed by atoms with Crippen LogP contribution in [0, 0.1) is 0 Å². The quantitative estimate of drug-likeness (QED) is 0.184. The number of rotatable bonds is 18. The highest BCUT2D eigenvalue weighted by atomic mass is 16.5. The first-order chi connectivity index (χ1) is 15.1. The molecule has 0 fully saturated rings. The third-order valence-electron chi connectivity index (χ3n) is 4.27. The number of aliphatic carboxylic acids is 1. The van der Waals surface area contributed by atoms with E-state index in [-0.39, 0.29) is 18.8 Å². The number of carbonyl (C=O) groups excluding carboxylic acids is 1. The number of carboxylic acid groups (broad SMARTS) is 1. The predicted octanol–water partition coefficient (Wildman–Crippen LogP) is 7.26. The zero-order valence-corrected chi connectivity index (χ0v) is 19.2. The van der Waals surface area contributed by atoms with Crippen LogP contribution in [0.15, 0.2) is 72.9 Å². The maximum absolute atomic E-state index is 11.7. The van der Waals surface area contributed by atoms with E-state index in [2.05, 4.69) is 67.7 Å². The fourth-order valence-corrected chi connectivity index (χ4v) is 2.55. The number of ether oxygens (including phenoxy) is 1. The van der Waals surface area contributed by atoms with Gasteiger partial charge in [0.25, 0.3) is 0 Å². The minimum atomic E-state index is -0.948. The Morgan fingerprint density at radius 1 is 0.710 bits per heavy atom. The monoisotopic (exact) mass is 428 g/mol. The summed E-state index contributed by atoms with van der Waals surface area (Å²) in [6, 6.07) is 0. The van der Waals surface area contributed by atoms with E-state index in [1.54, 1.807) is 0 Å². The molecular weight excluding hydrogens is 388 g/mol. The first-order valence-electron chi connectivity index (χ1n) is 11.4. The summed E-state index contributed by atoms with van der Waals surface area (Å²) in [6.45, 7) is 3.95. The fourth-order valence-electron chi connectivity index (χ4n) is 2.55. The molecular formula is C27H40O4. The molecule has 0 amide bonds. The van der Waals surface area contributed by atoms with E-state index in [9.17, 15) is 9.59 Å². The van der Waals surface area contributed by atoms with Gasteiger partial charge in [0, 0.05) is 6.42 Å². The van der Waals surface area contributed by atoms with Crippen molar-refractivity contribution in [3.05, 3.63) is 72.9 Å². The predicted molar refractivity (Wildman–Crippen MR) is 130 cm³/mol. The van der Waals surface area contributed by atoms with Gasteiger partial charge in [0.2, 0.25) is 0 Å². The number of carbonyl (C=O) groups is 2. The average Bonchev–Trinajstić information content (AvgIpc) is 2.74. The van der Waals surface area contributed by atoms with Crippen LogP contribution in [0.5, 0.6) is 0 Å². The van der Waals surface area contributed by atoms with Gasteiger partial charge in [-0.05, 0) is 51.4 Å². The molecule has 0 aliphatic carbocycles. The highest BCUT2D eigenvalue weighted by Crippen LogP contribution is 2.07. The zero-order valence-electron chi connectivity index (χ0n) is 19.2. The molecule has 1 atom stereocenters. The van der Waals surface area contributed by atoms with Gasteiger partial charge in [-0.1, -0.05) is 86.8 Å². The van der Waals surface area contributed by atoms with Crippen molar-refractivity contribution in [1.29, 1.82) is 0 Å². The lowest BCUT2D eigenvalue weighted by Gasteiger charge is -2.13. The Morgan fingerprint density at radius 2 is 1.13 bits per heavy atom. The third-order valence-corrected chi connectivity index (χ3v) is 4.27. The second kappa shape index (κ2) is 22.1. The zero-order chi connectivity index (χ0) is 23.0. The molecule has 31 heavy (non-hydrogen) atoms. The average molecular weight is 429 g/mol. The molecule has 0 aliphatic rings. The van der Waals surface area contributed by atoms with E-state index in [0.29, 0.717) is 12.8 Å². The van der Waals surface area contributed by atoms with Crippen molar-refractivity contribution >= 4 is 11.9 Å². The maximum atomic E-state index is 11.7. The van der Waals surface area contributed by atoms with E-state index < -0.39 is 12.1 Å². The third kappa shape index (κ3) is 21.9. The van der Waals surface area contributed by atoms with Crippen molar-refractivity contribution in [2.45, 2.75) is 84.2 Å². The molecule has 0 saturated carbocycles. The highest BCUT2D eigenvalue weighted by Gasteiger charge is 2.15. The molecule has 4 nitrogen and oxygen atoms in total. The van der Waals surface area contributed by atoms with Crippen LogP contribution in [0.1, 0.15) is 78.1 Å². The molecule has 0 spiro atoms. The molecule has 1 N–H and O–H groups in total. The molecule has 4 heteroatoms. The van der Waals surface area contributed by atoms with Crippen molar-refractivity contribution in [2.75, 3.05) is 0 Å². The second-order valence-corrected chi connectivity index (χ2v) is 7.07. The summed E-state index contributed by atoms with van der Waals surface area (Å²) >= 11 is 0. The summed E-state index contributed by atoms with van der Waals surface area (Å²) in [7, 11) is 0. The Kier molecular flexibility index (Phi) is 20.2. The Hall–Kier alpha value is -2.62. The van der Waals surface area contributed by atoms with Crippen LogP contribution in [-0.2, 0) is 14.3 Å². The van der Waals surface area contributed by atoms with Crippen molar-refractivity contribution in [3.63, 3.8) is 0 Å². The Morgan fingerprint density at radius 3 is 1.52 bits per heavy atom. The summed E-state index contributed by atoms with van der Waals surface area (Å²) in [5.41, 5.74) is 0. The lowest BCUT2D eigenvalue weighted by atomic mass is 10.2. The van der Waals surface area contributed by atoms with Crippen LogP contribution in [0.25, 0.3) is 0 Å². The summed E-state index contributed by atoms with van der Waals surface area (Å²) in [5.74, 6) is -1.29. The van der Waals surface area contributed by atoms with Gasteiger partial charge in [-0.15, -0.1) is 0 Å². The van der Waals surface area contributed by atoms with Gasteiger partial charge in [-0.25, -0.2) is 0 Å². The van der Waals surface area contributed by atoms with E-state index >= 15 is 0 Å². The highest BCUT2D eigenvalue weighted by molar-refractivity contribution is 5.71. The standard InChI is InChI=1S/C27H40O4/c1-3-5-6-7-8-9-10-11-12-13-14-15-16-17-18-19-20-21-22-23-27(30)31-25(4-2)24-26(28)29/h5-6,8-9,11-12,14-15,17-18,20-21,25H,3-4,7,10,13,16,19,22-24H2,1-2H3,(H,28,29)/b6-5-,9-8-,12-11-,15-14-,18-17-,21-20-. The molecule has 0 aliphatic heterocycles. The van der Waals surface area contributed by atoms with Crippen LogP contribution in [0.4, 0.5) is 0 Å². The van der Waals surface area contributed by atoms with Gasteiger partial charge in [0.05, 0.1) is 6.42 Å². The number of allylic oxidation sites excluding steroid dienone is 12. The smallest absolute Gasteiger partial charge is 0.307 e. The molecule has 0 aromatic carbocycles. The number of hydrogen-bond acceptors (Lipinski definition) is 3. The van der Waals surface area contributed by atoms with Crippen LogP contribution < -0.4 is 0 Å². The van der Waals surface area contributed by atoms with Gasteiger partial charge in [0.15, 0.2) is 0 Å². The topological polar surface area (TPSA) is 63.6 Å². The van der Waals surface area contributed by atoms with Gasteiger partial charge >= 0.3 is 11.9 Å². The largest absolute Gasteiger partial charge is 0.481 e. The van der Waals surface area contributed by atoms with Crippen molar-refractivity contribution in [1.82, 2.24) is 0 Å². The summed E-state index contributed by atoms with van der Waals surface area (Å²) < 4.78 is 5.16. The maximum Gasteiger partial charge on any atom is 0.307 e. The van der Waals surface area contributed by atoms with Gasteiger partial charge in [-0.3, -0.25) is 9.59 Å². The summed E-state index contributed by atoms with van der Waals surface area (Å²) in [4.78, 5) is 22.4. The molecule has 0 radical (unpaired) electrons. The minimum Gasteiger partial charge on any atom is -0.481 e. The molecule has 0 bridgehead atoms. The van der Waals surface area contributed by atoms with Crippen LogP contribution in [-0.4, -0.2) is 23.1 Å². The normalized spacial score (nSPS) is 13.6. The van der Waals surface area contributed by atoms with Crippen molar-refractivity contribution in [2.24, 2.45) is 0 Å². The van der Waals surface area contributed by atoms with Gasteiger partial charge in [0.1, 0.15) is 6.10 Å². The SMILES string of the molecule is CC/C=C\C/C=C\C/C=C\C/C=C\C/C=C\C/C=C\CCC(=O)OC(CC)CC(=O)O. The Bertz CT molecular complexity index is 636. The van der Waals surface area contributed by atoms with Crippen LogP contribution in [0.3, 0.4) is 0 Å². The lowest BCUT2D eigenvalue weighted by molar-refractivity contribution is -0.152. The van der Waals surface area contributed by atoms with Crippen LogP contribution in [0.2, 0.25) is 0 Å². The van der Waals surface area contributed by atoms with E-state index in [4.69, 9.17) is 9.84 Å². The molecule has 1 unspecified atom stereocenters. The number of esters is 1. The number of carboxylic acids is 1. The first kappa shape index (κ1) is 28.4. The molecule has 0 heterocycles. The summed E-state index contributed by atoms with van der Waals surface area (Å²) in [6.07, 6.45) is 32.2. The van der Waals surface area contributed by atoms with Crippen molar-refractivity contribution < 1.29 is 19.4 Å². The molecule has 172 valence electrons. The minimum absolute atomic E-state index is 0.137. The number of hydrogen-bond donors (Lipinski definition) is 1. The van der Waals surface area contributed by atoms with Gasteiger partial charge in [-0.2, -0.15) is 0 Å². The van der Waals surface area contributed by atoms with Gasteiger partial charge < -0.3 is 9.84 Å². The first-order valence-corrected chi connectivity index (χ1v) is 11.4. The van der Waals surface area contributed by atoms with Crippen molar-refractivity contribution in [3.8, 4) is 0 Å². The molecule has 0 aromatic heterocycles. The fraction of sp³-hybridized carbons (Fsp3) is 0.481. The van der Waals surface area contributed by atoms with Crippen LogP contribution >= 0.6 is 0 Å². The molecule has 0 rings (SSSR count). The molecule has 0 aromatic rings. The molecule has 0 saturated heterocycles. The van der Waals surface area contributed by atoms with E-state index in [0.717, 1.165) is 38.5 Å². The lowest BCUT2D eigenvalue weighted by Crippen LogP contribution is -2.20. The summed E-state index contributed by atoms with van der Waals surface area (Å²) in [5, 5.41) is 8.75. The van der Waals surface area contributed by atoms with E-state index in [1.807, 2.05) is 19.1 Å². The Balaban J connectivity index is 3.71. The Labute approximate surface area is 188 Å².